The number of hydrogen-bond acceptors (Lipinski definition) is 8. The number of esters is 3. The number of ether oxygens (including phenoxy) is 3. The predicted molar refractivity (Wildman–Crippen MR) is 152 cm³/mol. The molecule has 0 amide bonds. The van der Waals surface area contributed by atoms with Crippen LogP contribution in [-0.2, 0) is 33.4 Å². The third-order valence-electron chi connectivity index (χ3n) is 11.1. The molecular weight excluding hydrogens is 524 g/mol. The van der Waals surface area contributed by atoms with Crippen molar-refractivity contribution in [2.75, 3.05) is 0 Å². The number of hydrogen-bond donors (Lipinski definition) is 1. The summed E-state index contributed by atoms with van der Waals surface area (Å²) in [7, 11) is 0. The highest BCUT2D eigenvalue weighted by Gasteiger charge is 2.67. The average Bonchev–Trinajstić information content (AvgIpc) is 3.13. The van der Waals surface area contributed by atoms with Crippen LogP contribution in [0.2, 0.25) is 0 Å². The highest BCUT2D eigenvalue weighted by atomic mass is 16.6. The highest BCUT2D eigenvalue weighted by Crippen LogP contribution is 2.68. The van der Waals surface area contributed by atoms with E-state index < -0.39 is 46.5 Å². The zero-order valence-electron chi connectivity index (χ0n) is 26.0. The van der Waals surface area contributed by atoms with E-state index >= 15 is 0 Å². The lowest BCUT2D eigenvalue weighted by Gasteiger charge is -2.60. The molecule has 8 heteroatoms. The summed E-state index contributed by atoms with van der Waals surface area (Å²) >= 11 is 0. The molecule has 228 valence electrons. The van der Waals surface area contributed by atoms with E-state index in [0.29, 0.717) is 19.3 Å². The lowest BCUT2D eigenvalue weighted by atomic mass is 9.45. The standard InChI is InChI=1S/C33H48O8/c1-18(2)9-10-28(39-20(4)34)19(3)23-12-14-33(38)25-15-27(37)26-16-29(40-21(5)35)30(41-22(6)36)17-31(26,7)24(25)11-13-32(23,33)8/h9,15,19,23-24,26,28-30,38H,10-14,16-17H2,1-8H3/t19-,23+,24-,26-,28+,29+,30-,31+,32+,33+/m0/s1. The van der Waals surface area contributed by atoms with E-state index in [0.717, 1.165) is 30.4 Å². The number of ketones is 1. The molecule has 0 radical (unpaired) electrons. The van der Waals surface area contributed by atoms with Gasteiger partial charge in [-0.2, -0.15) is 0 Å². The maximum atomic E-state index is 13.8. The largest absolute Gasteiger partial charge is 0.462 e. The second-order valence-electron chi connectivity index (χ2n) is 13.8. The Morgan fingerprint density at radius 2 is 1.61 bits per heavy atom. The van der Waals surface area contributed by atoms with Crippen LogP contribution < -0.4 is 0 Å². The van der Waals surface area contributed by atoms with Gasteiger partial charge in [-0.1, -0.05) is 32.4 Å². The highest BCUT2D eigenvalue weighted by molar-refractivity contribution is 5.95. The second-order valence-corrected chi connectivity index (χ2v) is 13.8. The molecule has 0 spiro atoms. The monoisotopic (exact) mass is 572 g/mol. The Balaban J connectivity index is 1.68. The fourth-order valence-electron chi connectivity index (χ4n) is 9.08. The lowest BCUT2D eigenvalue weighted by molar-refractivity contribution is -0.186. The summed E-state index contributed by atoms with van der Waals surface area (Å²) in [6, 6.07) is 0. The van der Waals surface area contributed by atoms with Crippen LogP contribution >= 0.6 is 0 Å². The number of aliphatic hydroxyl groups is 1. The first-order chi connectivity index (χ1) is 19.0. The van der Waals surface area contributed by atoms with Gasteiger partial charge >= 0.3 is 17.9 Å². The van der Waals surface area contributed by atoms with Gasteiger partial charge in [-0.25, -0.2) is 0 Å². The van der Waals surface area contributed by atoms with Gasteiger partial charge in [0.2, 0.25) is 0 Å². The molecule has 3 fully saturated rings. The summed E-state index contributed by atoms with van der Waals surface area (Å²) in [5.41, 5.74) is -0.257. The van der Waals surface area contributed by atoms with Crippen LogP contribution in [0.5, 0.6) is 0 Å². The van der Waals surface area contributed by atoms with Gasteiger partial charge in [0.05, 0.1) is 5.60 Å². The molecule has 0 aromatic rings. The van der Waals surface area contributed by atoms with E-state index in [1.54, 1.807) is 6.08 Å². The molecule has 0 aliphatic heterocycles. The van der Waals surface area contributed by atoms with E-state index in [1.165, 1.54) is 20.8 Å². The molecule has 0 unspecified atom stereocenters. The number of rotatable bonds is 7. The van der Waals surface area contributed by atoms with Gasteiger partial charge in [-0.15, -0.1) is 0 Å². The van der Waals surface area contributed by atoms with E-state index in [9.17, 15) is 24.3 Å². The molecule has 4 rings (SSSR count). The van der Waals surface area contributed by atoms with Crippen LogP contribution in [-0.4, -0.2) is 52.7 Å². The number of carbonyl (C=O) groups is 4. The molecule has 0 bridgehead atoms. The molecule has 8 nitrogen and oxygen atoms in total. The third-order valence-corrected chi connectivity index (χ3v) is 11.1. The lowest BCUT2D eigenvalue weighted by Crippen LogP contribution is -2.61. The number of allylic oxidation sites excluding steroid dienone is 2. The fourth-order valence-corrected chi connectivity index (χ4v) is 9.08. The summed E-state index contributed by atoms with van der Waals surface area (Å²) in [6.07, 6.45) is 6.30. The molecular formula is C33H48O8. The summed E-state index contributed by atoms with van der Waals surface area (Å²) in [4.78, 5) is 49.6. The molecule has 0 aromatic heterocycles. The topological polar surface area (TPSA) is 116 Å². The smallest absolute Gasteiger partial charge is 0.303 e. The van der Waals surface area contributed by atoms with Crippen molar-refractivity contribution >= 4 is 23.7 Å². The fraction of sp³-hybridized carbons (Fsp3) is 0.758. The van der Waals surface area contributed by atoms with Crippen LogP contribution in [0, 0.1) is 34.5 Å². The van der Waals surface area contributed by atoms with E-state index in [4.69, 9.17) is 14.2 Å². The Hall–Kier alpha value is -2.48. The minimum atomic E-state index is -1.17. The number of carbonyl (C=O) groups excluding carboxylic acids is 4. The summed E-state index contributed by atoms with van der Waals surface area (Å²) < 4.78 is 17.0. The van der Waals surface area contributed by atoms with Gasteiger partial charge in [0.15, 0.2) is 5.78 Å². The summed E-state index contributed by atoms with van der Waals surface area (Å²) in [5, 5.41) is 12.6. The molecule has 4 aliphatic carbocycles. The molecule has 41 heavy (non-hydrogen) atoms. The van der Waals surface area contributed by atoms with Crippen molar-refractivity contribution in [2.24, 2.45) is 34.5 Å². The van der Waals surface area contributed by atoms with Crippen LogP contribution in [0.25, 0.3) is 0 Å². The molecule has 0 saturated heterocycles. The van der Waals surface area contributed by atoms with Crippen LogP contribution in [0.1, 0.15) is 100 Å². The van der Waals surface area contributed by atoms with Crippen molar-refractivity contribution in [2.45, 2.75) is 124 Å². The quantitative estimate of drug-likeness (QED) is 0.250. The van der Waals surface area contributed by atoms with E-state index in [1.807, 2.05) is 13.8 Å². The Kier molecular flexibility index (Phi) is 8.68. The minimum absolute atomic E-state index is 0.0146. The molecule has 4 aliphatic rings. The number of fused-ring (bicyclic) bond motifs is 5. The van der Waals surface area contributed by atoms with Crippen molar-refractivity contribution in [3.8, 4) is 0 Å². The first-order valence-electron chi connectivity index (χ1n) is 15.2. The summed E-state index contributed by atoms with van der Waals surface area (Å²) in [5.74, 6) is -1.65. The van der Waals surface area contributed by atoms with Gasteiger partial charge in [0.25, 0.3) is 0 Å². The van der Waals surface area contributed by atoms with E-state index in [2.05, 4.69) is 26.8 Å². The minimum Gasteiger partial charge on any atom is -0.462 e. The molecule has 1 N–H and O–H groups in total. The maximum absolute atomic E-state index is 13.8. The van der Waals surface area contributed by atoms with Gasteiger partial charge in [0, 0.05) is 38.5 Å². The first-order valence-corrected chi connectivity index (χ1v) is 15.2. The van der Waals surface area contributed by atoms with Crippen LogP contribution in [0.15, 0.2) is 23.3 Å². The Morgan fingerprint density at radius 1 is 0.976 bits per heavy atom. The predicted octanol–water partition coefficient (Wildman–Crippen LogP) is 5.26. The first kappa shape index (κ1) is 31.5. The molecule has 10 atom stereocenters. The van der Waals surface area contributed by atoms with Gasteiger partial charge in [-0.3, -0.25) is 19.2 Å². The Labute approximate surface area is 244 Å². The van der Waals surface area contributed by atoms with Crippen molar-refractivity contribution in [3.05, 3.63) is 23.3 Å². The van der Waals surface area contributed by atoms with Gasteiger partial charge in [0.1, 0.15) is 18.3 Å². The molecule has 3 saturated carbocycles. The average molecular weight is 573 g/mol. The van der Waals surface area contributed by atoms with Crippen LogP contribution in [0.4, 0.5) is 0 Å². The zero-order chi connectivity index (χ0) is 30.5. The maximum Gasteiger partial charge on any atom is 0.303 e. The van der Waals surface area contributed by atoms with Gasteiger partial charge in [-0.05, 0) is 87.2 Å². The van der Waals surface area contributed by atoms with Crippen molar-refractivity contribution in [1.82, 2.24) is 0 Å². The second kappa shape index (κ2) is 11.3. The Bertz CT molecular complexity index is 1150. The third kappa shape index (κ3) is 5.53. The van der Waals surface area contributed by atoms with Crippen LogP contribution in [0.3, 0.4) is 0 Å². The summed E-state index contributed by atoms with van der Waals surface area (Å²) in [6.45, 7) is 14.5. The normalized spacial score (nSPS) is 39.2. The molecule has 0 heterocycles. The van der Waals surface area contributed by atoms with Gasteiger partial charge < -0.3 is 19.3 Å². The van der Waals surface area contributed by atoms with Crippen molar-refractivity contribution < 1.29 is 38.5 Å². The SMILES string of the molecule is CC(=O)O[C@H]1C[C@@]2(C)[C@@H](C[C@H]1OC(C)=O)C(=O)C=C1[C@@H]2CC[C@]2(C)[C@@H]([C@H](C)[C@@H](CC=C(C)C)OC(C)=O)CC[C@@]12O. The van der Waals surface area contributed by atoms with Crippen molar-refractivity contribution in [1.29, 1.82) is 0 Å². The van der Waals surface area contributed by atoms with Crippen molar-refractivity contribution in [3.63, 3.8) is 0 Å². The Morgan fingerprint density at radius 3 is 2.20 bits per heavy atom. The zero-order valence-corrected chi connectivity index (χ0v) is 26.0. The molecule has 0 aromatic carbocycles. The van der Waals surface area contributed by atoms with E-state index in [-0.39, 0.29) is 42.0 Å².